The van der Waals surface area contributed by atoms with Gasteiger partial charge in [0.15, 0.2) is 5.96 Å². The molecule has 0 spiro atoms. The number of aliphatic imine (C=N–C) groups is 1. The molecule has 3 rings (SSSR count). The number of aromatic nitrogens is 1. The fraction of sp³-hybridized carbons (Fsp3) is 0.227. The van der Waals surface area contributed by atoms with Gasteiger partial charge in [-0.2, -0.15) is 0 Å². The van der Waals surface area contributed by atoms with Crippen molar-refractivity contribution in [2.45, 2.75) is 13.5 Å². The molecule has 156 valence electrons. The van der Waals surface area contributed by atoms with Crippen molar-refractivity contribution in [3.05, 3.63) is 76.6 Å². The van der Waals surface area contributed by atoms with E-state index in [9.17, 15) is 4.79 Å². The molecule has 0 aliphatic carbocycles. The van der Waals surface area contributed by atoms with Crippen LogP contribution in [0.25, 0.3) is 11.5 Å². The highest BCUT2D eigenvalue weighted by atomic mass is 35.5. The number of oxazole rings is 1. The van der Waals surface area contributed by atoms with E-state index in [0.717, 1.165) is 11.3 Å². The molecule has 2 aromatic carbocycles. The van der Waals surface area contributed by atoms with Crippen LogP contribution in [-0.2, 0) is 6.54 Å². The highest BCUT2D eigenvalue weighted by Crippen LogP contribution is 2.19. The van der Waals surface area contributed by atoms with Crippen molar-refractivity contribution in [3.63, 3.8) is 0 Å². The number of rotatable bonds is 7. The Morgan fingerprint density at radius 2 is 1.80 bits per heavy atom. The molecule has 0 saturated carbocycles. The predicted molar refractivity (Wildman–Crippen MR) is 119 cm³/mol. The summed E-state index contributed by atoms with van der Waals surface area (Å²) in [5.74, 6) is 0.968. The third-order valence-electron chi connectivity index (χ3n) is 4.33. The molecule has 30 heavy (non-hydrogen) atoms. The Morgan fingerprint density at radius 1 is 1.07 bits per heavy atom. The van der Waals surface area contributed by atoms with E-state index >= 15 is 0 Å². The minimum Gasteiger partial charge on any atom is -0.444 e. The monoisotopic (exact) mass is 425 g/mol. The zero-order valence-electron chi connectivity index (χ0n) is 16.9. The number of carbonyl (C=O) groups excluding carboxylic acids is 1. The summed E-state index contributed by atoms with van der Waals surface area (Å²) >= 11 is 6.03. The molecule has 0 radical (unpaired) electrons. The van der Waals surface area contributed by atoms with Crippen molar-refractivity contribution in [1.29, 1.82) is 0 Å². The Bertz CT molecular complexity index is 1010. The average Bonchev–Trinajstić information content (AvgIpc) is 3.23. The second-order valence-electron chi connectivity index (χ2n) is 6.60. The lowest BCUT2D eigenvalue weighted by Crippen LogP contribution is -2.41. The first-order valence-corrected chi connectivity index (χ1v) is 9.93. The standard InChI is InChI=1S/C22H24ClN5O2/c1-15-7-9-16(10-8-15)21-28-17(14-30-21)13-27-22(24-2)26-12-11-25-20(29)18-5-3-4-6-19(18)23/h3-10,14H,11-13H2,1-2H3,(H,25,29)(H2,24,26,27). The molecule has 3 N–H and O–H groups in total. The molecule has 0 unspecified atom stereocenters. The van der Waals surface area contributed by atoms with Crippen molar-refractivity contribution >= 4 is 23.5 Å². The maximum absolute atomic E-state index is 12.1. The molecule has 1 heterocycles. The lowest BCUT2D eigenvalue weighted by Gasteiger charge is -2.11. The van der Waals surface area contributed by atoms with Crippen molar-refractivity contribution < 1.29 is 9.21 Å². The minimum atomic E-state index is -0.212. The summed E-state index contributed by atoms with van der Waals surface area (Å²) < 4.78 is 5.56. The third kappa shape index (κ3) is 5.84. The number of hydrogen-bond donors (Lipinski definition) is 3. The van der Waals surface area contributed by atoms with Crippen LogP contribution in [0.2, 0.25) is 5.02 Å². The van der Waals surface area contributed by atoms with E-state index in [0.29, 0.717) is 42.1 Å². The van der Waals surface area contributed by atoms with Crippen molar-refractivity contribution in [2.24, 2.45) is 4.99 Å². The zero-order valence-corrected chi connectivity index (χ0v) is 17.7. The summed E-state index contributed by atoms with van der Waals surface area (Å²) in [7, 11) is 1.68. The van der Waals surface area contributed by atoms with Gasteiger partial charge in [-0.25, -0.2) is 4.98 Å². The molecule has 0 saturated heterocycles. The maximum atomic E-state index is 12.1. The molecule has 0 bridgehead atoms. The topological polar surface area (TPSA) is 91.5 Å². The number of nitrogens with zero attached hydrogens (tertiary/aromatic N) is 2. The van der Waals surface area contributed by atoms with E-state index in [4.69, 9.17) is 16.0 Å². The highest BCUT2D eigenvalue weighted by Gasteiger charge is 2.09. The van der Waals surface area contributed by atoms with Crippen molar-refractivity contribution in [3.8, 4) is 11.5 Å². The summed E-state index contributed by atoms with van der Waals surface area (Å²) in [4.78, 5) is 20.8. The lowest BCUT2D eigenvalue weighted by atomic mass is 10.1. The molecule has 0 fully saturated rings. The van der Waals surface area contributed by atoms with Gasteiger partial charge in [0.2, 0.25) is 5.89 Å². The Hall–Kier alpha value is -3.32. The van der Waals surface area contributed by atoms with Gasteiger partial charge in [0.05, 0.1) is 22.8 Å². The van der Waals surface area contributed by atoms with Crippen LogP contribution in [0.3, 0.4) is 0 Å². The van der Waals surface area contributed by atoms with Gasteiger partial charge < -0.3 is 20.4 Å². The Morgan fingerprint density at radius 3 is 2.53 bits per heavy atom. The van der Waals surface area contributed by atoms with Gasteiger partial charge in [0, 0.05) is 25.7 Å². The van der Waals surface area contributed by atoms with Crippen LogP contribution in [0.4, 0.5) is 0 Å². The quantitative estimate of drug-likeness (QED) is 0.306. The van der Waals surface area contributed by atoms with Gasteiger partial charge in [-0.15, -0.1) is 0 Å². The fourth-order valence-electron chi connectivity index (χ4n) is 2.71. The van der Waals surface area contributed by atoms with Crippen LogP contribution in [0.5, 0.6) is 0 Å². The third-order valence-corrected chi connectivity index (χ3v) is 4.66. The van der Waals surface area contributed by atoms with Gasteiger partial charge in [0.1, 0.15) is 6.26 Å². The number of carbonyl (C=O) groups is 1. The fourth-order valence-corrected chi connectivity index (χ4v) is 2.93. The molecule has 1 amide bonds. The van der Waals surface area contributed by atoms with Crippen LogP contribution < -0.4 is 16.0 Å². The second-order valence-corrected chi connectivity index (χ2v) is 7.01. The lowest BCUT2D eigenvalue weighted by molar-refractivity contribution is 0.0954. The molecular weight excluding hydrogens is 402 g/mol. The van der Waals surface area contributed by atoms with Gasteiger partial charge in [-0.3, -0.25) is 9.79 Å². The predicted octanol–water partition coefficient (Wildman–Crippen LogP) is 3.40. The van der Waals surface area contributed by atoms with E-state index in [1.165, 1.54) is 5.56 Å². The number of amides is 1. The van der Waals surface area contributed by atoms with E-state index in [1.807, 2.05) is 31.2 Å². The molecule has 3 aromatic rings. The van der Waals surface area contributed by atoms with Crippen LogP contribution in [-0.4, -0.2) is 37.0 Å². The van der Waals surface area contributed by atoms with Crippen molar-refractivity contribution in [1.82, 2.24) is 20.9 Å². The number of guanidine groups is 1. The molecule has 0 atom stereocenters. The van der Waals surface area contributed by atoms with Crippen LogP contribution >= 0.6 is 11.6 Å². The second kappa shape index (κ2) is 10.5. The van der Waals surface area contributed by atoms with Crippen LogP contribution in [0.1, 0.15) is 21.6 Å². The molecule has 8 heteroatoms. The Balaban J connectivity index is 1.42. The zero-order chi connectivity index (χ0) is 21.3. The van der Waals surface area contributed by atoms with E-state index in [-0.39, 0.29) is 5.91 Å². The van der Waals surface area contributed by atoms with Gasteiger partial charge in [-0.1, -0.05) is 41.4 Å². The van der Waals surface area contributed by atoms with Gasteiger partial charge in [-0.05, 0) is 31.2 Å². The first kappa shape index (κ1) is 21.4. The largest absolute Gasteiger partial charge is 0.444 e. The normalized spacial score (nSPS) is 11.2. The molecule has 0 aliphatic rings. The number of halogens is 1. The van der Waals surface area contributed by atoms with Crippen LogP contribution in [0.15, 0.2) is 64.2 Å². The molecule has 7 nitrogen and oxygen atoms in total. The average molecular weight is 426 g/mol. The summed E-state index contributed by atoms with van der Waals surface area (Å²) in [6.07, 6.45) is 1.62. The number of aryl methyl sites for hydroxylation is 1. The first-order chi connectivity index (χ1) is 14.6. The van der Waals surface area contributed by atoms with Gasteiger partial charge >= 0.3 is 0 Å². The molecular formula is C22H24ClN5O2. The number of hydrogen-bond acceptors (Lipinski definition) is 4. The smallest absolute Gasteiger partial charge is 0.252 e. The van der Waals surface area contributed by atoms with Crippen molar-refractivity contribution in [2.75, 3.05) is 20.1 Å². The van der Waals surface area contributed by atoms with E-state index < -0.39 is 0 Å². The Labute approximate surface area is 180 Å². The van der Waals surface area contributed by atoms with Gasteiger partial charge in [0.25, 0.3) is 5.91 Å². The highest BCUT2D eigenvalue weighted by molar-refractivity contribution is 6.33. The van der Waals surface area contributed by atoms with E-state index in [2.05, 4.69) is 25.9 Å². The minimum absolute atomic E-state index is 0.212. The number of nitrogens with one attached hydrogen (secondary N) is 3. The first-order valence-electron chi connectivity index (χ1n) is 9.55. The molecule has 0 aliphatic heterocycles. The van der Waals surface area contributed by atoms with E-state index in [1.54, 1.807) is 37.6 Å². The summed E-state index contributed by atoms with van der Waals surface area (Å²) in [5.41, 5.74) is 3.34. The molecule has 1 aromatic heterocycles. The Kier molecular flexibility index (Phi) is 7.45. The summed E-state index contributed by atoms with van der Waals surface area (Å²) in [6, 6.07) is 14.9. The summed E-state index contributed by atoms with van der Waals surface area (Å²) in [5, 5.41) is 9.56. The SMILES string of the molecule is CN=C(NCCNC(=O)c1ccccc1Cl)NCc1coc(-c2ccc(C)cc2)n1. The van der Waals surface area contributed by atoms with Crippen LogP contribution in [0, 0.1) is 6.92 Å². The summed E-state index contributed by atoms with van der Waals surface area (Å²) in [6.45, 7) is 3.42. The number of benzene rings is 2. The maximum Gasteiger partial charge on any atom is 0.252 e.